The summed E-state index contributed by atoms with van der Waals surface area (Å²) in [5.74, 6) is 0.952. The number of aromatic nitrogens is 2. The molecule has 1 atom stereocenters. The van der Waals surface area contributed by atoms with E-state index < -0.39 is 0 Å². The van der Waals surface area contributed by atoms with Gasteiger partial charge in [0.15, 0.2) is 0 Å². The van der Waals surface area contributed by atoms with E-state index in [4.69, 9.17) is 0 Å². The quantitative estimate of drug-likeness (QED) is 0.800. The zero-order valence-electron chi connectivity index (χ0n) is 15.4. The molecule has 2 aliphatic heterocycles. The summed E-state index contributed by atoms with van der Waals surface area (Å²) in [6, 6.07) is 1.97. The molecule has 0 unspecified atom stereocenters. The minimum atomic E-state index is -0.0540. The number of carbonyl (C=O) groups excluding carboxylic acids is 2. The molecule has 1 aromatic rings. The van der Waals surface area contributed by atoms with Crippen LogP contribution in [0.2, 0.25) is 0 Å². The molecule has 0 spiro atoms. The summed E-state index contributed by atoms with van der Waals surface area (Å²) in [6.07, 6.45) is 1.79. The summed E-state index contributed by atoms with van der Waals surface area (Å²) in [4.78, 5) is 39.3. The van der Waals surface area contributed by atoms with Crippen molar-refractivity contribution in [3.05, 3.63) is 17.5 Å². The molecule has 136 valence electrons. The average molecular weight is 345 g/mol. The highest BCUT2D eigenvalue weighted by Gasteiger charge is 2.32. The molecular weight excluding hydrogens is 318 g/mol. The molecule has 3 heterocycles. The maximum absolute atomic E-state index is 12.8. The Hall–Kier alpha value is -2.18. The van der Waals surface area contributed by atoms with E-state index in [2.05, 4.69) is 14.9 Å². The molecule has 0 N–H and O–H groups in total. The van der Waals surface area contributed by atoms with E-state index in [0.29, 0.717) is 19.6 Å². The Morgan fingerprint density at radius 2 is 1.64 bits per heavy atom. The molecular formula is C18H27N5O2. The molecule has 2 saturated heterocycles. The van der Waals surface area contributed by atoms with Crippen LogP contribution in [0.4, 0.5) is 5.95 Å². The smallest absolute Gasteiger partial charge is 0.227 e. The molecule has 0 bridgehead atoms. The fraction of sp³-hybridized carbons (Fsp3) is 0.667. The lowest BCUT2D eigenvalue weighted by Crippen LogP contribution is -2.53. The minimum absolute atomic E-state index is 0.0540. The summed E-state index contributed by atoms with van der Waals surface area (Å²) in [5.41, 5.74) is 1.93. The molecule has 2 aliphatic rings. The molecule has 2 amide bonds. The Labute approximate surface area is 149 Å². The highest BCUT2D eigenvalue weighted by Crippen LogP contribution is 2.21. The first-order chi connectivity index (χ1) is 11.9. The van der Waals surface area contributed by atoms with Crippen molar-refractivity contribution >= 4 is 17.8 Å². The number of rotatable bonds is 2. The fourth-order valence-electron chi connectivity index (χ4n) is 3.70. The van der Waals surface area contributed by atoms with Crippen molar-refractivity contribution in [3.63, 3.8) is 0 Å². The maximum Gasteiger partial charge on any atom is 0.227 e. The highest BCUT2D eigenvalue weighted by atomic mass is 16.2. The van der Waals surface area contributed by atoms with E-state index in [1.807, 2.05) is 24.8 Å². The molecule has 2 fully saturated rings. The predicted molar refractivity (Wildman–Crippen MR) is 95.3 cm³/mol. The van der Waals surface area contributed by atoms with Gasteiger partial charge < -0.3 is 14.7 Å². The Bertz CT molecular complexity index is 635. The summed E-state index contributed by atoms with van der Waals surface area (Å²) >= 11 is 0. The number of anilines is 1. The van der Waals surface area contributed by atoms with Crippen molar-refractivity contribution in [3.8, 4) is 0 Å². The molecule has 0 saturated carbocycles. The van der Waals surface area contributed by atoms with E-state index in [1.165, 1.54) is 0 Å². The van der Waals surface area contributed by atoms with Gasteiger partial charge in [-0.1, -0.05) is 0 Å². The second-order valence-electron chi connectivity index (χ2n) is 7.07. The lowest BCUT2D eigenvalue weighted by molar-refractivity contribution is -0.140. The zero-order valence-corrected chi connectivity index (χ0v) is 15.4. The van der Waals surface area contributed by atoms with Crippen molar-refractivity contribution in [2.45, 2.75) is 33.6 Å². The van der Waals surface area contributed by atoms with E-state index in [1.54, 1.807) is 11.8 Å². The van der Waals surface area contributed by atoms with Gasteiger partial charge in [0.1, 0.15) is 0 Å². The van der Waals surface area contributed by atoms with E-state index in [-0.39, 0.29) is 17.7 Å². The molecule has 0 aliphatic carbocycles. The van der Waals surface area contributed by atoms with Crippen LogP contribution in [0, 0.1) is 19.8 Å². The summed E-state index contributed by atoms with van der Waals surface area (Å²) in [6.45, 7) is 9.73. The number of amides is 2. The number of piperazine rings is 1. The van der Waals surface area contributed by atoms with Gasteiger partial charge in [-0.2, -0.15) is 0 Å². The van der Waals surface area contributed by atoms with Crippen LogP contribution >= 0.6 is 0 Å². The Balaban J connectivity index is 1.58. The fourth-order valence-corrected chi connectivity index (χ4v) is 3.70. The number of aryl methyl sites for hydroxylation is 2. The van der Waals surface area contributed by atoms with Gasteiger partial charge in [-0.05, 0) is 32.8 Å². The van der Waals surface area contributed by atoms with Crippen molar-refractivity contribution in [2.24, 2.45) is 5.92 Å². The SMILES string of the molecule is CC(=O)N1CCC[C@H](C(=O)N2CCN(c3nc(C)cc(C)n3)CC2)C1. The van der Waals surface area contributed by atoms with Gasteiger partial charge in [-0.3, -0.25) is 9.59 Å². The van der Waals surface area contributed by atoms with Gasteiger partial charge in [0, 0.05) is 57.6 Å². The molecule has 3 rings (SSSR count). The van der Waals surface area contributed by atoms with Gasteiger partial charge in [0.2, 0.25) is 17.8 Å². The number of likely N-dealkylation sites (tertiary alicyclic amines) is 1. The largest absolute Gasteiger partial charge is 0.342 e. The Morgan fingerprint density at radius 1 is 1.00 bits per heavy atom. The van der Waals surface area contributed by atoms with Crippen LogP contribution < -0.4 is 4.90 Å². The lowest BCUT2D eigenvalue weighted by Gasteiger charge is -2.39. The molecule has 0 radical (unpaired) electrons. The lowest BCUT2D eigenvalue weighted by atomic mass is 9.96. The first kappa shape index (κ1) is 17.6. The number of piperidine rings is 1. The normalized spacial score (nSPS) is 21.4. The molecule has 0 aromatic carbocycles. The molecule has 25 heavy (non-hydrogen) atoms. The summed E-state index contributed by atoms with van der Waals surface area (Å²) in [5, 5.41) is 0. The third-order valence-electron chi connectivity index (χ3n) is 5.06. The van der Waals surface area contributed by atoms with Gasteiger partial charge in [-0.25, -0.2) is 9.97 Å². The van der Waals surface area contributed by atoms with Crippen LogP contribution in [0.3, 0.4) is 0 Å². The van der Waals surface area contributed by atoms with Gasteiger partial charge >= 0.3 is 0 Å². The maximum atomic E-state index is 12.8. The zero-order chi connectivity index (χ0) is 18.0. The average Bonchev–Trinajstić information content (AvgIpc) is 2.60. The highest BCUT2D eigenvalue weighted by molar-refractivity contribution is 5.81. The number of hydrogen-bond donors (Lipinski definition) is 0. The summed E-state index contributed by atoms with van der Waals surface area (Å²) in [7, 11) is 0. The van der Waals surface area contributed by atoms with Crippen LogP contribution in [0.5, 0.6) is 0 Å². The number of nitrogens with zero attached hydrogens (tertiary/aromatic N) is 5. The van der Waals surface area contributed by atoms with E-state index >= 15 is 0 Å². The van der Waals surface area contributed by atoms with Crippen molar-refractivity contribution in [1.82, 2.24) is 19.8 Å². The standard InChI is InChI=1S/C18H27N5O2/c1-13-11-14(2)20-18(19-13)22-9-7-21(8-10-22)17(25)16-5-4-6-23(12-16)15(3)24/h11,16H,4-10,12H2,1-3H3/t16-/m0/s1. The summed E-state index contributed by atoms with van der Waals surface area (Å²) < 4.78 is 0. The van der Waals surface area contributed by atoms with Crippen molar-refractivity contribution in [2.75, 3.05) is 44.2 Å². The monoisotopic (exact) mass is 345 g/mol. The van der Waals surface area contributed by atoms with Gasteiger partial charge in [-0.15, -0.1) is 0 Å². The molecule has 1 aromatic heterocycles. The van der Waals surface area contributed by atoms with E-state index in [9.17, 15) is 9.59 Å². The van der Waals surface area contributed by atoms with Crippen LogP contribution in [0.1, 0.15) is 31.2 Å². The third-order valence-corrected chi connectivity index (χ3v) is 5.06. The number of carbonyl (C=O) groups is 2. The molecule has 7 heteroatoms. The first-order valence-corrected chi connectivity index (χ1v) is 9.05. The third kappa shape index (κ3) is 4.08. The van der Waals surface area contributed by atoms with Gasteiger partial charge in [0.05, 0.1) is 5.92 Å². The van der Waals surface area contributed by atoms with Crippen LogP contribution in [0.15, 0.2) is 6.07 Å². The Morgan fingerprint density at radius 3 is 2.24 bits per heavy atom. The topological polar surface area (TPSA) is 69.6 Å². The van der Waals surface area contributed by atoms with E-state index in [0.717, 1.165) is 49.8 Å². The predicted octanol–water partition coefficient (Wildman–Crippen LogP) is 1.00. The van der Waals surface area contributed by atoms with Crippen LogP contribution in [-0.2, 0) is 9.59 Å². The van der Waals surface area contributed by atoms with Crippen molar-refractivity contribution in [1.29, 1.82) is 0 Å². The second kappa shape index (κ2) is 7.37. The van der Waals surface area contributed by atoms with Crippen LogP contribution in [0.25, 0.3) is 0 Å². The van der Waals surface area contributed by atoms with Crippen LogP contribution in [-0.4, -0.2) is 70.9 Å². The molecule has 7 nitrogen and oxygen atoms in total. The minimum Gasteiger partial charge on any atom is -0.342 e. The van der Waals surface area contributed by atoms with Crippen molar-refractivity contribution < 1.29 is 9.59 Å². The van der Waals surface area contributed by atoms with Gasteiger partial charge in [0.25, 0.3) is 0 Å². The first-order valence-electron chi connectivity index (χ1n) is 9.05. The Kier molecular flexibility index (Phi) is 5.20. The number of hydrogen-bond acceptors (Lipinski definition) is 5. The second-order valence-corrected chi connectivity index (χ2v) is 7.07.